The maximum absolute atomic E-state index is 11.9. The molecule has 1 amide bonds. The molecule has 5 heteroatoms. The van der Waals surface area contributed by atoms with Gasteiger partial charge in [-0.3, -0.25) is 4.79 Å². The van der Waals surface area contributed by atoms with Gasteiger partial charge in [0.1, 0.15) is 6.10 Å². The van der Waals surface area contributed by atoms with Gasteiger partial charge in [-0.25, -0.2) is 0 Å². The Morgan fingerprint density at radius 1 is 1.53 bits per heavy atom. The molecule has 2 rings (SSSR count). The molecule has 0 aliphatic carbocycles. The molecule has 17 heavy (non-hydrogen) atoms. The van der Waals surface area contributed by atoms with Crippen molar-refractivity contribution in [3.8, 4) is 0 Å². The van der Waals surface area contributed by atoms with Gasteiger partial charge in [0.25, 0.3) is 5.91 Å². The number of benzene rings is 1. The van der Waals surface area contributed by atoms with E-state index in [1.165, 1.54) is 0 Å². The molecule has 1 heterocycles. The van der Waals surface area contributed by atoms with Crippen LogP contribution in [0.15, 0.2) is 24.3 Å². The second kappa shape index (κ2) is 5.79. The predicted molar refractivity (Wildman–Crippen MR) is 74.7 cm³/mol. The third-order valence-electron chi connectivity index (χ3n) is 2.76. The van der Waals surface area contributed by atoms with Crippen LogP contribution in [0.25, 0.3) is 0 Å². The van der Waals surface area contributed by atoms with Crippen LogP contribution < -0.4 is 11.1 Å². The summed E-state index contributed by atoms with van der Waals surface area (Å²) in [5, 5.41) is 2.86. The summed E-state index contributed by atoms with van der Waals surface area (Å²) in [6, 6.07) is 7.69. The van der Waals surface area contributed by atoms with Crippen LogP contribution in [-0.4, -0.2) is 24.7 Å². The van der Waals surface area contributed by atoms with Crippen molar-refractivity contribution in [1.29, 1.82) is 0 Å². The highest BCUT2D eigenvalue weighted by molar-refractivity contribution is 14.1. The van der Waals surface area contributed by atoms with Crippen LogP contribution in [0.5, 0.6) is 0 Å². The molecule has 2 atom stereocenters. The second-order valence-corrected chi connectivity index (χ2v) is 5.31. The van der Waals surface area contributed by atoms with E-state index in [0.717, 1.165) is 22.1 Å². The van der Waals surface area contributed by atoms with Crippen LogP contribution in [0.3, 0.4) is 0 Å². The van der Waals surface area contributed by atoms with Crippen LogP contribution in [0, 0.1) is 3.57 Å². The molecule has 3 N–H and O–H groups in total. The Morgan fingerprint density at radius 3 is 3.00 bits per heavy atom. The highest BCUT2D eigenvalue weighted by Crippen LogP contribution is 2.21. The van der Waals surface area contributed by atoms with Crippen molar-refractivity contribution in [3.05, 3.63) is 27.8 Å². The van der Waals surface area contributed by atoms with Crippen LogP contribution in [0.4, 0.5) is 5.69 Å². The van der Waals surface area contributed by atoms with Gasteiger partial charge >= 0.3 is 0 Å². The van der Waals surface area contributed by atoms with E-state index in [1.54, 1.807) is 0 Å². The minimum atomic E-state index is -0.360. The molecule has 4 nitrogen and oxygen atoms in total. The first-order valence-electron chi connectivity index (χ1n) is 5.61. The van der Waals surface area contributed by atoms with Gasteiger partial charge in [0.2, 0.25) is 0 Å². The van der Waals surface area contributed by atoms with Gasteiger partial charge in [-0.15, -0.1) is 0 Å². The van der Waals surface area contributed by atoms with Gasteiger partial charge < -0.3 is 15.8 Å². The number of amides is 1. The summed E-state index contributed by atoms with van der Waals surface area (Å²) in [6.45, 7) is 0.479. The summed E-state index contributed by atoms with van der Waals surface area (Å²) >= 11 is 2.21. The molecule has 1 aliphatic rings. The lowest BCUT2D eigenvalue weighted by atomic mass is 10.2. The fourth-order valence-corrected chi connectivity index (χ4v) is 2.40. The number of nitrogens with one attached hydrogen (secondary N) is 1. The van der Waals surface area contributed by atoms with E-state index in [-0.39, 0.29) is 18.1 Å². The van der Waals surface area contributed by atoms with Gasteiger partial charge in [0, 0.05) is 15.8 Å². The van der Waals surface area contributed by atoms with E-state index in [4.69, 9.17) is 10.5 Å². The lowest BCUT2D eigenvalue weighted by molar-refractivity contribution is -0.126. The molecule has 0 spiro atoms. The number of hydrogen-bond donors (Lipinski definition) is 2. The number of rotatable bonds is 3. The largest absolute Gasteiger partial charge is 0.364 e. The van der Waals surface area contributed by atoms with Gasteiger partial charge in [0.05, 0.1) is 6.10 Å². The average Bonchev–Trinajstić information content (AvgIpc) is 2.77. The third kappa shape index (κ3) is 3.40. The molecular weight excluding hydrogens is 331 g/mol. The SMILES string of the molecule is NCC1CCC(C(=O)Nc2cccc(I)c2)O1. The van der Waals surface area contributed by atoms with Crippen LogP contribution >= 0.6 is 22.6 Å². The molecule has 0 saturated carbocycles. The van der Waals surface area contributed by atoms with Gasteiger partial charge in [-0.2, -0.15) is 0 Å². The first kappa shape index (κ1) is 12.8. The molecule has 0 radical (unpaired) electrons. The maximum Gasteiger partial charge on any atom is 0.253 e. The van der Waals surface area contributed by atoms with Crippen molar-refractivity contribution in [3.63, 3.8) is 0 Å². The fraction of sp³-hybridized carbons (Fsp3) is 0.417. The summed E-state index contributed by atoms with van der Waals surface area (Å²) in [4.78, 5) is 11.9. The number of carbonyl (C=O) groups excluding carboxylic acids is 1. The number of halogens is 1. The van der Waals surface area contributed by atoms with Crippen molar-refractivity contribution >= 4 is 34.2 Å². The first-order valence-corrected chi connectivity index (χ1v) is 6.69. The minimum Gasteiger partial charge on any atom is -0.364 e. The van der Waals surface area contributed by atoms with E-state index in [1.807, 2.05) is 24.3 Å². The highest BCUT2D eigenvalue weighted by Gasteiger charge is 2.29. The summed E-state index contributed by atoms with van der Waals surface area (Å²) in [5.41, 5.74) is 6.32. The summed E-state index contributed by atoms with van der Waals surface area (Å²) in [6.07, 6.45) is 1.28. The fourth-order valence-electron chi connectivity index (χ4n) is 1.86. The summed E-state index contributed by atoms with van der Waals surface area (Å²) < 4.78 is 6.63. The van der Waals surface area contributed by atoms with Gasteiger partial charge in [0.15, 0.2) is 0 Å². The highest BCUT2D eigenvalue weighted by atomic mass is 127. The van der Waals surface area contributed by atoms with E-state index < -0.39 is 0 Å². The van der Waals surface area contributed by atoms with Crippen molar-refractivity contribution in [2.45, 2.75) is 25.0 Å². The number of carbonyl (C=O) groups is 1. The topological polar surface area (TPSA) is 64.4 Å². The zero-order valence-electron chi connectivity index (χ0n) is 9.36. The number of nitrogens with two attached hydrogens (primary N) is 1. The van der Waals surface area contributed by atoms with Crippen molar-refractivity contribution < 1.29 is 9.53 Å². The zero-order chi connectivity index (χ0) is 12.3. The molecule has 0 bridgehead atoms. The molecule has 1 aromatic carbocycles. The van der Waals surface area contributed by atoms with Crippen molar-refractivity contribution in [2.24, 2.45) is 5.73 Å². The van der Waals surface area contributed by atoms with Gasteiger partial charge in [-0.1, -0.05) is 6.07 Å². The standard InChI is InChI=1S/C12H15IN2O2/c13-8-2-1-3-9(6-8)15-12(16)11-5-4-10(7-14)17-11/h1-3,6,10-11H,4-5,7,14H2,(H,15,16). The Hall–Kier alpha value is -0.660. The maximum atomic E-state index is 11.9. The minimum absolute atomic E-state index is 0.0293. The van der Waals surface area contributed by atoms with E-state index in [9.17, 15) is 4.79 Å². The van der Waals surface area contributed by atoms with E-state index >= 15 is 0 Å². The van der Waals surface area contributed by atoms with Crippen molar-refractivity contribution in [1.82, 2.24) is 0 Å². The zero-order valence-corrected chi connectivity index (χ0v) is 11.5. The molecule has 1 aromatic rings. The Bertz CT molecular complexity index is 411. The predicted octanol–water partition coefficient (Wildman–Crippen LogP) is 1.74. The first-order chi connectivity index (χ1) is 8.19. The summed E-state index contributed by atoms with van der Waals surface area (Å²) in [5.74, 6) is -0.0806. The van der Waals surface area contributed by atoms with Crippen LogP contribution in [0.1, 0.15) is 12.8 Å². The molecule has 92 valence electrons. The quantitative estimate of drug-likeness (QED) is 0.820. The number of anilines is 1. The molecule has 1 aliphatic heterocycles. The van der Waals surface area contributed by atoms with Crippen LogP contribution in [-0.2, 0) is 9.53 Å². The Morgan fingerprint density at radius 2 is 2.35 bits per heavy atom. The smallest absolute Gasteiger partial charge is 0.253 e. The Balaban J connectivity index is 1.93. The van der Waals surface area contributed by atoms with Crippen molar-refractivity contribution in [2.75, 3.05) is 11.9 Å². The Labute approximate surface area is 114 Å². The molecule has 2 unspecified atom stereocenters. The molecule has 1 fully saturated rings. The van der Waals surface area contributed by atoms with Crippen LogP contribution in [0.2, 0.25) is 0 Å². The second-order valence-electron chi connectivity index (χ2n) is 4.06. The molecule has 0 aromatic heterocycles. The van der Waals surface area contributed by atoms with E-state index in [0.29, 0.717) is 6.54 Å². The Kier molecular flexibility index (Phi) is 4.36. The third-order valence-corrected chi connectivity index (χ3v) is 3.43. The van der Waals surface area contributed by atoms with Gasteiger partial charge in [-0.05, 0) is 53.6 Å². The van der Waals surface area contributed by atoms with E-state index in [2.05, 4.69) is 27.9 Å². The monoisotopic (exact) mass is 346 g/mol. The number of hydrogen-bond acceptors (Lipinski definition) is 3. The number of ether oxygens (including phenoxy) is 1. The average molecular weight is 346 g/mol. The summed E-state index contributed by atoms with van der Waals surface area (Å²) in [7, 11) is 0. The molecule has 1 saturated heterocycles. The lowest BCUT2D eigenvalue weighted by Gasteiger charge is -2.12. The molecular formula is C12H15IN2O2. The lowest BCUT2D eigenvalue weighted by Crippen LogP contribution is -2.29. The normalized spacial score (nSPS) is 23.6.